The number of carbonyl (C=O) groups excluding carboxylic acids is 1. The summed E-state index contributed by atoms with van der Waals surface area (Å²) in [4.78, 5) is 12.4. The van der Waals surface area contributed by atoms with Gasteiger partial charge in [0, 0.05) is 11.4 Å². The van der Waals surface area contributed by atoms with Crippen LogP contribution >= 0.6 is 0 Å². The molecule has 0 unspecified atom stereocenters. The molecule has 0 aliphatic carbocycles. The lowest BCUT2D eigenvalue weighted by atomic mass is 10.00. The maximum Gasteiger partial charge on any atom is 0.345 e. The van der Waals surface area contributed by atoms with Gasteiger partial charge in [0.25, 0.3) is 0 Å². The summed E-state index contributed by atoms with van der Waals surface area (Å²) in [7, 11) is 0. The Balaban J connectivity index is 1.48. The van der Waals surface area contributed by atoms with Crippen molar-refractivity contribution in [2.24, 2.45) is 0 Å². The van der Waals surface area contributed by atoms with Crippen molar-refractivity contribution in [3.63, 3.8) is 0 Å². The number of esters is 1. The van der Waals surface area contributed by atoms with E-state index in [4.69, 9.17) is 16.2 Å². The summed E-state index contributed by atoms with van der Waals surface area (Å²) in [5.41, 5.74) is 18.4. The molecule has 4 heteroatoms. The second kappa shape index (κ2) is 8.13. The summed E-state index contributed by atoms with van der Waals surface area (Å²) in [5, 5.41) is 0. The predicted octanol–water partition coefficient (Wildman–Crippen LogP) is 5.71. The quantitative estimate of drug-likeness (QED) is 0.264. The second-order valence-electron chi connectivity index (χ2n) is 7.20. The number of ether oxygens (including phenoxy) is 1. The first-order valence-corrected chi connectivity index (χ1v) is 9.64. The van der Waals surface area contributed by atoms with Crippen molar-refractivity contribution in [1.29, 1.82) is 0 Å². The Kier molecular flexibility index (Phi) is 5.22. The van der Waals surface area contributed by atoms with Crippen molar-refractivity contribution in [2.75, 3.05) is 11.5 Å². The van der Waals surface area contributed by atoms with E-state index in [1.807, 2.05) is 12.1 Å². The molecule has 0 aromatic heterocycles. The lowest BCUT2D eigenvalue weighted by Crippen LogP contribution is -2.11. The lowest BCUT2D eigenvalue weighted by molar-refractivity contribution is 0.0736. The van der Waals surface area contributed by atoms with Crippen LogP contribution in [0.3, 0.4) is 0 Å². The average molecular weight is 394 g/mol. The molecule has 0 aliphatic heterocycles. The lowest BCUT2D eigenvalue weighted by Gasteiger charge is -2.09. The molecule has 4 N–H and O–H groups in total. The number of hydrogen-bond donors (Lipinski definition) is 2. The molecule has 4 nitrogen and oxygen atoms in total. The van der Waals surface area contributed by atoms with Gasteiger partial charge in [-0.25, -0.2) is 4.79 Å². The Morgan fingerprint density at radius 3 is 1.63 bits per heavy atom. The minimum absolute atomic E-state index is 0.292. The third-order valence-corrected chi connectivity index (χ3v) is 4.96. The van der Waals surface area contributed by atoms with Gasteiger partial charge in [0.05, 0.1) is 5.56 Å². The maximum absolute atomic E-state index is 12.4. The summed E-state index contributed by atoms with van der Waals surface area (Å²) in [6.45, 7) is 2.08. The van der Waals surface area contributed by atoms with Gasteiger partial charge < -0.3 is 16.2 Å². The zero-order valence-corrected chi connectivity index (χ0v) is 16.6. The van der Waals surface area contributed by atoms with Crippen LogP contribution in [0.15, 0.2) is 91.0 Å². The van der Waals surface area contributed by atoms with E-state index < -0.39 is 5.97 Å². The second-order valence-corrected chi connectivity index (χ2v) is 7.20. The topological polar surface area (TPSA) is 78.3 Å². The predicted molar refractivity (Wildman–Crippen MR) is 122 cm³/mol. The van der Waals surface area contributed by atoms with Crippen LogP contribution in [-0.4, -0.2) is 5.97 Å². The molecule has 148 valence electrons. The van der Waals surface area contributed by atoms with Crippen LogP contribution in [0, 0.1) is 6.92 Å². The SMILES string of the molecule is Cc1ccc(-c2ccc(-c3ccc(OC(=O)c4ccc(N)cc4N)cc3)cc2)cc1. The van der Waals surface area contributed by atoms with E-state index in [0.717, 1.165) is 11.1 Å². The number of nitrogen functional groups attached to an aromatic ring is 2. The molecule has 4 aromatic rings. The Hall–Kier alpha value is -4.05. The van der Waals surface area contributed by atoms with Crippen LogP contribution in [0.4, 0.5) is 11.4 Å². The minimum Gasteiger partial charge on any atom is -0.423 e. The highest BCUT2D eigenvalue weighted by molar-refractivity contribution is 5.97. The summed E-state index contributed by atoms with van der Waals surface area (Å²) >= 11 is 0. The molecule has 0 bridgehead atoms. The van der Waals surface area contributed by atoms with Crippen molar-refractivity contribution in [2.45, 2.75) is 6.92 Å². The van der Waals surface area contributed by atoms with Gasteiger partial charge in [0.2, 0.25) is 0 Å². The Bertz CT molecular complexity index is 1180. The minimum atomic E-state index is -0.511. The van der Waals surface area contributed by atoms with E-state index >= 15 is 0 Å². The van der Waals surface area contributed by atoms with Crippen molar-refractivity contribution in [3.8, 4) is 28.0 Å². The molecule has 0 atom stereocenters. The highest BCUT2D eigenvalue weighted by Crippen LogP contribution is 2.27. The summed E-state index contributed by atoms with van der Waals surface area (Å²) in [6, 6.07) is 29.0. The molecule has 0 amide bonds. The summed E-state index contributed by atoms with van der Waals surface area (Å²) < 4.78 is 5.44. The third-order valence-electron chi connectivity index (χ3n) is 4.96. The summed E-state index contributed by atoms with van der Waals surface area (Å²) in [6.07, 6.45) is 0. The Labute approximate surface area is 175 Å². The van der Waals surface area contributed by atoms with Crippen molar-refractivity contribution >= 4 is 17.3 Å². The fourth-order valence-electron chi connectivity index (χ4n) is 3.25. The van der Waals surface area contributed by atoms with Gasteiger partial charge in [0.15, 0.2) is 0 Å². The normalized spacial score (nSPS) is 10.6. The Morgan fingerprint density at radius 2 is 1.13 bits per heavy atom. The molecule has 30 heavy (non-hydrogen) atoms. The van der Waals surface area contributed by atoms with Crippen molar-refractivity contribution in [1.82, 2.24) is 0 Å². The third kappa shape index (κ3) is 4.18. The monoisotopic (exact) mass is 394 g/mol. The first kappa shape index (κ1) is 19.3. The van der Waals surface area contributed by atoms with Crippen LogP contribution in [0.1, 0.15) is 15.9 Å². The highest BCUT2D eigenvalue weighted by atomic mass is 16.5. The van der Waals surface area contributed by atoms with Crippen LogP contribution in [-0.2, 0) is 0 Å². The molecule has 0 radical (unpaired) electrons. The van der Waals surface area contributed by atoms with Gasteiger partial charge in [-0.3, -0.25) is 0 Å². The fourth-order valence-corrected chi connectivity index (χ4v) is 3.25. The molecule has 4 rings (SSSR count). The van der Waals surface area contributed by atoms with Gasteiger partial charge in [-0.2, -0.15) is 0 Å². The average Bonchev–Trinajstić information content (AvgIpc) is 2.75. The van der Waals surface area contributed by atoms with Gasteiger partial charge in [-0.15, -0.1) is 0 Å². The smallest absolute Gasteiger partial charge is 0.345 e. The number of anilines is 2. The van der Waals surface area contributed by atoms with E-state index in [9.17, 15) is 4.79 Å². The molecule has 0 aliphatic rings. The molecule has 0 heterocycles. The number of benzene rings is 4. The van der Waals surface area contributed by atoms with E-state index in [2.05, 4.69) is 55.5 Å². The van der Waals surface area contributed by atoms with Crippen LogP contribution in [0.2, 0.25) is 0 Å². The zero-order valence-electron chi connectivity index (χ0n) is 16.6. The highest BCUT2D eigenvalue weighted by Gasteiger charge is 2.12. The van der Waals surface area contributed by atoms with Crippen molar-refractivity contribution in [3.05, 3.63) is 102 Å². The Morgan fingerprint density at radius 1 is 0.667 bits per heavy atom. The van der Waals surface area contributed by atoms with Crippen molar-refractivity contribution < 1.29 is 9.53 Å². The van der Waals surface area contributed by atoms with Gasteiger partial charge >= 0.3 is 5.97 Å². The molecule has 0 saturated heterocycles. The van der Waals surface area contributed by atoms with E-state index in [0.29, 0.717) is 22.7 Å². The first-order valence-electron chi connectivity index (χ1n) is 9.64. The molecular formula is C26H22N2O2. The number of rotatable bonds is 4. The largest absolute Gasteiger partial charge is 0.423 e. The van der Waals surface area contributed by atoms with E-state index in [-0.39, 0.29) is 0 Å². The maximum atomic E-state index is 12.4. The number of hydrogen-bond acceptors (Lipinski definition) is 4. The molecular weight excluding hydrogens is 372 g/mol. The number of nitrogens with two attached hydrogens (primary N) is 2. The fraction of sp³-hybridized carbons (Fsp3) is 0.0385. The molecule has 4 aromatic carbocycles. The van der Waals surface area contributed by atoms with Crippen LogP contribution < -0.4 is 16.2 Å². The van der Waals surface area contributed by atoms with Crippen LogP contribution in [0.5, 0.6) is 5.75 Å². The van der Waals surface area contributed by atoms with Crippen LogP contribution in [0.25, 0.3) is 22.3 Å². The standard InChI is InChI=1S/C26H22N2O2/c1-17-2-4-18(5-3-17)19-6-8-20(9-7-19)21-10-13-23(14-11-21)30-26(29)24-15-12-22(27)16-25(24)28/h2-16H,27-28H2,1H3. The zero-order chi connectivity index (χ0) is 21.1. The van der Waals surface area contributed by atoms with Gasteiger partial charge in [0.1, 0.15) is 5.75 Å². The molecule has 0 saturated carbocycles. The molecule has 0 fully saturated rings. The number of carbonyl (C=O) groups is 1. The van der Waals surface area contributed by atoms with E-state index in [1.54, 1.807) is 30.3 Å². The first-order chi connectivity index (χ1) is 14.5. The van der Waals surface area contributed by atoms with E-state index in [1.165, 1.54) is 16.7 Å². The van der Waals surface area contributed by atoms with Gasteiger partial charge in [-0.05, 0) is 59.5 Å². The van der Waals surface area contributed by atoms with Gasteiger partial charge in [-0.1, -0.05) is 66.2 Å². The number of aryl methyl sites for hydroxylation is 1. The summed E-state index contributed by atoms with van der Waals surface area (Å²) in [5.74, 6) is -0.0565. The molecule has 0 spiro atoms.